The van der Waals surface area contributed by atoms with Crippen LogP contribution in [0.1, 0.15) is 5.56 Å². The predicted octanol–water partition coefficient (Wildman–Crippen LogP) is 1.49. The first-order chi connectivity index (χ1) is 5.90. The highest BCUT2D eigenvalue weighted by atomic mass is 16.7. The van der Waals surface area contributed by atoms with Gasteiger partial charge in [0.05, 0.1) is 12.5 Å². The quantitative estimate of drug-likeness (QED) is 0.625. The van der Waals surface area contributed by atoms with Crippen LogP contribution in [-0.2, 0) is 0 Å². The van der Waals surface area contributed by atoms with E-state index in [-0.39, 0.29) is 6.79 Å². The minimum absolute atomic E-state index is 0.269. The van der Waals surface area contributed by atoms with Gasteiger partial charge in [-0.1, -0.05) is 6.07 Å². The maximum absolute atomic E-state index is 8.39. The molecule has 1 aliphatic rings. The van der Waals surface area contributed by atoms with Crippen LogP contribution in [0.4, 0.5) is 0 Å². The highest BCUT2D eigenvalue weighted by molar-refractivity contribution is 5.47. The molecule has 0 unspecified atom stereocenters. The molecule has 1 heterocycles. The van der Waals surface area contributed by atoms with E-state index in [0.29, 0.717) is 5.75 Å². The highest BCUT2D eigenvalue weighted by Crippen LogP contribution is 2.32. The number of benzene rings is 1. The zero-order valence-electron chi connectivity index (χ0n) is 6.28. The van der Waals surface area contributed by atoms with Crippen molar-refractivity contribution in [2.75, 3.05) is 6.79 Å². The lowest BCUT2D eigenvalue weighted by atomic mass is 10.1. The monoisotopic (exact) mass is 160 g/mol. The molecule has 3 nitrogen and oxygen atoms in total. The van der Waals surface area contributed by atoms with Crippen LogP contribution in [0.5, 0.6) is 11.5 Å². The molecule has 0 aromatic heterocycles. The van der Waals surface area contributed by atoms with Crippen LogP contribution in [0.3, 0.4) is 0 Å². The van der Waals surface area contributed by atoms with Crippen molar-refractivity contribution in [1.29, 1.82) is 5.26 Å². The molecule has 0 aliphatic carbocycles. The minimum Gasteiger partial charge on any atom is -0.454 e. The van der Waals surface area contributed by atoms with Crippen molar-refractivity contribution in [1.82, 2.24) is 0 Å². The van der Waals surface area contributed by atoms with Crippen molar-refractivity contribution in [3.63, 3.8) is 0 Å². The van der Waals surface area contributed by atoms with Gasteiger partial charge in [-0.05, 0) is 17.7 Å². The Kier molecular flexibility index (Phi) is 1.60. The first kappa shape index (κ1) is 6.99. The summed E-state index contributed by atoms with van der Waals surface area (Å²) in [6.07, 6.45) is 1.46. The standard InChI is InChI=1S/C9H6NO2/c10-4-3-7-1-2-8-9(5-7)12-6-11-8/h1-3,5H,6H2. The van der Waals surface area contributed by atoms with Gasteiger partial charge in [0.25, 0.3) is 0 Å². The number of hydrogen-bond donors (Lipinski definition) is 0. The Hall–Kier alpha value is -1.69. The predicted molar refractivity (Wildman–Crippen MR) is 41.6 cm³/mol. The van der Waals surface area contributed by atoms with Gasteiger partial charge in [-0.3, -0.25) is 0 Å². The first-order valence-corrected chi connectivity index (χ1v) is 3.52. The van der Waals surface area contributed by atoms with Crippen molar-refractivity contribution >= 4 is 0 Å². The molecule has 0 N–H and O–H groups in total. The molecule has 1 aromatic rings. The van der Waals surface area contributed by atoms with Gasteiger partial charge in [-0.2, -0.15) is 5.26 Å². The SMILES string of the molecule is N#C[CH]c1ccc2c(c1)OCO2. The summed E-state index contributed by atoms with van der Waals surface area (Å²) in [4.78, 5) is 0. The van der Waals surface area contributed by atoms with Crippen LogP contribution in [-0.4, -0.2) is 6.79 Å². The van der Waals surface area contributed by atoms with E-state index in [0.717, 1.165) is 11.3 Å². The summed E-state index contributed by atoms with van der Waals surface area (Å²) in [6.45, 7) is 0.269. The fraction of sp³-hybridized carbons (Fsp3) is 0.111. The molecule has 2 rings (SSSR count). The van der Waals surface area contributed by atoms with Gasteiger partial charge in [0.1, 0.15) is 0 Å². The maximum atomic E-state index is 8.39. The molecule has 0 saturated heterocycles. The van der Waals surface area contributed by atoms with Gasteiger partial charge >= 0.3 is 0 Å². The molecule has 0 atom stereocenters. The van der Waals surface area contributed by atoms with Gasteiger partial charge in [0, 0.05) is 0 Å². The number of nitrogens with zero attached hydrogens (tertiary/aromatic N) is 1. The third-order valence-electron chi connectivity index (χ3n) is 1.63. The summed E-state index contributed by atoms with van der Waals surface area (Å²) >= 11 is 0. The Morgan fingerprint density at radius 3 is 3.00 bits per heavy atom. The van der Waals surface area contributed by atoms with E-state index in [9.17, 15) is 0 Å². The van der Waals surface area contributed by atoms with E-state index in [4.69, 9.17) is 14.7 Å². The van der Waals surface area contributed by atoms with Crippen LogP contribution in [0, 0.1) is 17.8 Å². The zero-order valence-corrected chi connectivity index (χ0v) is 6.28. The van der Waals surface area contributed by atoms with Crippen molar-refractivity contribution < 1.29 is 9.47 Å². The van der Waals surface area contributed by atoms with E-state index in [1.807, 2.05) is 12.1 Å². The second-order valence-electron chi connectivity index (χ2n) is 2.39. The van der Waals surface area contributed by atoms with E-state index in [1.165, 1.54) is 6.42 Å². The summed E-state index contributed by atoms with van der Waals surface area (Å²) in [5.41, 5.74) is 0.835. The molecule has 1 aliphatic heterocycles. The number of hydrogen-bond acceptors (Lipinski definition) is 3. The fourth-order valence-electron chi connectivity index (χ4n) is 1.08. The molecule has 3 heteroatoms. The summed E-state index contributed by atoms with van der Waals surface area (Å²) in [6, 6.07) is 7.35. The van der Waals surface area contributed by atoms with E-state index >= 15 is 0 Å². The van der Waals surface area contributed by atoms with Gasteiger partial charge in [-0.15, -0.1) is 0 Å². The van der Waals surface area contributed by atoms with Crippen molar-refractivity contribution in [3.8, 4) is 17.6 Å². The Morgan fingerprint density at radius 1 is 1.33 bits per heavy atom. The van der Waals surface area contributed by atoms with Gasteiger partial charge in [-0.25, -0.2) is 0 Å². The summed E-state index contributed by atoms with van der Waals surface area (Å²) in [5, 5.41) is 8.39. The lowest BCUT2D eigenvalue weighted by molar-refractivity contribution is 0.174. The van der Waals surface area contributed by atoms with Crippen molar-refractivity contribution in [2.45, 2.75) is 0 Å². The van der Waals surface area contributed by atoms with Gasteiger partial charge in [0.15, 0.2) is 11.5 Å². The molecule has 59 valence electrons. The smallest absolute Gasteiger partial charge is 0.231 e. The van der Waals surface area contributed by atoms with Gasteiger partial charge in [0.2, 0.25) is 6.79 Å². The molecule has 0 amide bonds. The van der Waals surface area contributed by atoms with Crippen LogP contribution < -0.4 is 9.47 Å². The molecule has 1 aromatic carbocycles. The largest absolute Gasteiger partial charge is 0.454 e. The van der Waals surface area contributed by atoms with Gasteiger partial charge < -0.3 is 9.47 Å². The van der Waals surface area contributed by atoms with Crippen LogP contribution in [0.15, 0.2) is 18.2 Å². The Balaban J connectivity index is 2.34. The Labute approximate surface area is 70.1 Å². The highest BCUT2D eigenvalue weighted by Gasteiger charge is 2.12. The fourth-order valence-corrected chi connectivity index (χ4v) is 1.08. The average molecular weight is 160 g/mol. The third kappa shape index (κ3) is 1.08. The number of nitriles is 1. The molecule has 1 radical (unpaired) electrons. The molecule has 0 spiro atoms. The van der Waals surface area contributed by atoms with Crippen LogP contribution in [0.25, 0.3) is 0 Å². The van der Waals surface area contributed by atoms with Crippen LogP contribution in [0.2, 0.25) is 0 Å². The second-order valence-corrected chi connectivity index (χ2v) is 2.39. The van der Waals surface area contributed by atoms with Crippen molar-refractivity contribution in [2.24, 2.45) is 0 Å². The lowest BCUT2D eigenvalue weighted by Gasteiger charge is -1.96. The number of fused-ring (bicyclic) bond motifs is 1. The third-order valence-corrected chi connectivity index (χ3v) is 1.63. The van der Waals surface area contributed by atoms with E-state index in [2.05, 4.69) is 0 Å². The average Bonchev–Trinajstić information content (AvgIpc) is 2.51. The number of rotatable bonds is 1. The van der Waals surface area contributed by atoms with E-state index < -0.39 is 0 Å². The Bertz CT molecular complexity index is 341. The second kappa shape index (κ2) is 2.74. The maximum Gasteiger partial charge on any atom is 0.231 e. The zero-order chi connectivity index (χ0) is 8.39. The molecule has 0 saturated carbocycles. The van der Waals surface area contributed by atoms with E-state index in [1.54, 1.807) is 12.1 Å². The molecule has 12 heavy (non-hydrogen) atoms. The summed E-state index contributed by atoms with van der Waals surface area (Å²) < 4.78 is 10.2. The number of ether oxygens (including phenoxy) is 2. The normalized spacial score (nSPS) is 12.6. The minimum atomic E-state index is 0.269. The molecular weight excluding hydrogens is 154 g/mol. The topological polar surface area (TPSA) is 42.2 Å². The first-order valence-electron chi connectivity index (χ1n) is 3.52. The summed E-state index contributed by atoms with van der Waals surface area (Å²) in [5.74, 6) is 1.45. The summed E-state index contributed by atoms with van der Waals surface area (Å²) in [7, 11) is 0. The molecule has 0 fully saturated rings. The molecule has 0 bridgehead atoms. The lowest BCUT2D eigenvalue weighted by Crippen LogP contribution is -1.92. The van der Waals surface area contributed by atoms with Crippen molar-refractivity contribution in [3.05, 3.63) is 30.2 Å². The Morgan fingerprint density at radius 2 is 2.17 bits per heavy atom. The molecular formula is C9H6NO2. The van der Waals surface area contributed by atoms with Crippen LogP contribution >= 0.6 is 0 Å².